The van der Waals surface area contributed by atoms with Crippen LogP contribution in [0.15, 0.2) is 78.5 Å². The molecule has 3 rings (SSSR count). The van der Waals surface area contributed by atoms with Gasteiger partial charge in [0.2, 0.25) is 0 Å². The predicted molar refractivity (Wildman–Crippen MR) is 106 cm³/mol. The first-order valence-electron chi connectivity index (χ1n) is 8.58. The van der Waals surface area contributed by atoms with Crippen LogP contribution in [0.4, 0.5) is 5.69 Å². The Morgan fingerprint density at radius 1 is 1.00 bits per heavy atom. The minimum atomic E-state index is -0.427. The molecule has 0 aliphatic rings. The highest BCUT2D eigenvalue weighted by atomic mass is 16.3. The Kier molecular flexibility index (Phi) is 5.70. The summed E-state index contributed by atoms with van der Waals surface area (Å²) in [7, 11) is 0. The van der Waals surface area contributed by atoms with Crippen LogP contribution in [0.1, 0.15) is 5.56 Å². The molecule has 0 bridgehead atoms. The third kappa shape index (κ3) is 4.44. The fourth-order valence-electron chi connectivity index (χ4n) is 2.78. The lowest BCUT2D eigenvalue weighted by molar-refractivity contribution is -0.117. The van der Waals surface area contributed by atoms with Gasteiger partial charge in [0.1, 0.15) is 17.4 Å². The molecule has 1 amide bonds. The number of hydrogen-bond donors (Lipinski definition) is 3. The van der Waals surface area contributed by atoms with E-state index in [1.807, 2.05) is 48.5 Å². The number of nitrogens with one attached hydrogen (secondary N) is 2. The zero-order valence-corrected chi connectivity index (χ0v) is 14.6. The first kappa shape index (κ1) is 18.0. The van der Waals surface area contributed by atoms with Crippen molar-refractivity contribution < 1.29 is 9.90 Å². The zero-order chi connectivity index (χ0) is 19.1. The number of anilines is 1. The van der Waals surface area contributed by atoms with Crippen molar-refractivity contribution in [3.05, 3.63) is 84.1 Å². The van der Waals surface area contributed by atoms with Crippen LogP contribution in [-0.2, 0) is 11.2 Å². The summed E-state index contributed by atoms with van der Waals surface area (Å²) >= 11 is 0. The highest BCUT2D eigenvalue weighted by molar-refractivity contribution is 6.00. The van der Waals surface area contributed by atoms with Crippen molar-refractivity contribution in [2.75, 3.05) is 11.9 Å². The van der Waals surface area contributed by atoms with Gasteiger partial charge in [-0.2, -0.15) is 5.26 Å². The van der Waals surface area contributed by atoms with Crippen molar-refractivity contribution in [1.82, 2.24) is 5.32 Å². The molecule has 0 heterocycles. The molecule has 0 radical (unpaired) electrons. The highest BCUT2D eigenvalue weighted by Crippen LogP contribution is 2.29. The number of nitriles is 1. The number of fused-ring (bicyclic) bond motifs is 1. The minimum absolute atomic E-state index is 0.0137. The maximum atomic E-state index is 12.2. The Bertz CT molecular complexity index is 1020. The molecule has 0 saturated heterocycles. The number of nitrogens with zero attached hydrogens (tertiary/aromatic N) is 1. The standard InChI is InChI=1S/C22H19N3O2/c23-14-17(22(27)24-13-12-16-6-2-1-3-7-16)15-25-20-10-4-9-19-18(20)8-5-11-21(19)26/h1-11,15,25-26H,12-13H2,(H,24,27)/b17-15-. The fourth-order valence-corrected chi connectivity index (χ4v) is 2.78. The van der Waals surface area contributed by atoms with Crippen LogP contribution in [0.25, 0.3) is 10.8 Å². The van der Waals surface area contributed by atoms with E-state index in [4.69, 9.17) is 0 Å². The monoisotopic (exact) mass is 357 g/mol. The van der Waals surface area contributed by atoms with Gasteiger partial charge in [-0.3, -0.25) is 4.79 Å². The van der Waals surface area contributed by atoms with Gasteiger partial charge in [0, 0.05) is 29.2 Å². The average molecular weight is 357 g/mol. The van der Waals surface area contributed by atoms with Crippen molar-refractivity contribution in [2.45, 2.75) is 6.42 Å². The minimum Gasteiger partial charge on any atom is -0.507 e. The maximum Gasteiger partial charge on any atom is 0.263 e. The Labute approximate surface area is 157 Å². The van der Waals surface area contributed by atoms with Crippen LogP contribution in [0, 0.1) is 11.3 Å². The van der Waals surface area contributed by atoms with Gasteiger partial charge in [-0.15, -0.1) is 0 Å². The molecule has 0 unspecified atom stereocenters. The van der Waals surface area contributed by atoms with Crippen LogP contribution in [0.2, 0.25) is 0 Å². The number of phenols is 1. The summed E-state index contributed by atoms with van der Waals surface area (Å²) in [6, 6.07) is 22.4. The summed E-state index contributed by atoms with van der Waals surface area (Å²) in [5, 5.41) is 26.5. The Hall–Kier alpha value is -3.78. The van der Waals surface area contributed by atoms with E-state index in [1.165, 1.54) is 6.20 Å². The average Bonchev–Trinajstić information content (AvgIpc) is 2.70. The lowest BCUT2D eigenvalue weighted by atomic mass is 10.1. The molecule has 3 aromatic rings. The number of amides is 1. The topological polar surface area (TPSA) is 85.2 Å². The predicted octanol–water partition coefficient (Wildman–Crippen LogP) is 3.72. The molecule has 5 nitrogen and oxygen atoms in total. The van der Waals surface area contributed by atoms with Crippen molar-refractivity contribution >= 4 is 22.4 Å². The summed E-state index contributed by atoms with van der Waals surface area (Å²) in [6.07, 6.45) is 2.08. The first-order chi connectivity index (χ1) is 13.2. The number of hydrogen-bond acceptors (Lipinski definition) is 4. The molecule has 3 aromatic carbocycles. The second-order valence-corrected chi connectivity index (χ2v) is 5.98. The van der Waals surface area contributed by atoms with Gasteiger partial charge in [-0.25, -0.2) is 0 Å². The molecule has 0 aromatic heterocycles. The quantitative estimate of drug-likeness (QED) is 0.464. The highest BCUT2D eigenvalue weighted by Gasteiger charge is 2.09. The van der Waals surface area contributed by atoms with Crippen LogP contribution in [0.5, 0.6) is 5.75 Å². The van der Waals surface area contributed by atoms with Crippen LogP contribution >= 0.6 is 0 Å². The number of rotatable bonds is 6. The summed E-state index contributed by atoms with van der Waals surface area (Å²) < 4.78 is 0. The van der Waals surface area contributed by atoms with E-state index in [1.54, 1.807) is 24.3 Å². The van der Waals surface area contributed by atoms with Gasteiger partial charge >= 0.3 is 0 Å². The van der Waals surface area contributed by atoms with Gasteiger partial charge in [0.05, 0.1) is 0 Å². The third-order valence-electron chi connectivity index (χ3n) is 4.18. The number of phenolic OH excluding ortho intramolecular Hbond substituents is 1. The molecule has 0 saturated carbocycles. The fraction of sp³-hybridized carbons (Fsp3) is 0.0909. The van der Waals surface area contributed by atoms with Gasteiger partial charge in [-0.05, 0) is 24.1 Å². The summed E-state index contributed by atoms with van der Waals surface area (Å²) in [5.41, 5.74) is 1.81. The largest absolute Gasteiger partial charge is 0.507 e. The Morgan fingerprint density at radius 2 is 1.74 bits per heavy atom. The van der Waals surface area contributed by atoms with E-state index in [9.17, 15) is 15.2 Å². The zero-order valence-electron chi connectivity index (χ0n) is 14.6. The first-order valence-corrected chi connectivity index (χ1v) is 8.58. The van der Waals surface area contributed by atoms with Crippen LogP contribution in [-0.4, -0.2) is 17.6 Å². The smallest absolute Gasteiger partial charge is 0.263 e. The Balaban J connectivity index is 1.67. The van der Waals surface area contributed by atoms with E-state index < -0.39 is 5.91 Å². The SMILES string of the molecule is N#C/C(=C/Nc1cccc2c(O)cccc12)C(=O)NCCc1ccccc1. The van der Waals surface area contributed by atoms with Crippen LogP contribution in [0.3, 0.4) is 0 Å². The number of benzene rings is 3. The molecule has 0 spiro atoms. The molecule has 134 valence electrons. The third-order valence-corrected chi connectivity index (χ3v) is 4.18. The molecule has 0 aliphatic heterocycles. The summed E-state index contributed by atoms with van der Waals surface area (Å²) in [5.74, 6) is -0.247. The van der Waals surface area contributed by atoms with Gasteiger partial charge < -0.3 is 15.7 Å². The van der Waals surface area contributed by atoms with E-state index in [0.29, 0.717) is 24.0 Å². The van der Waals surface area contributed by atoms with Crippen molar-refractivity contribution in [3.63, 3.8) is 0 Å². The molecular formula is C22H19N3O2. The second kappa shape index (κ2) is 8.54. The van der Waals surface area contributed by atoms with E-state index in [0.717, 1.165) is 10.9 Å². The number of carbonyl (C=O) groups excluding carboxylic acids is 1. The molecule has 0 atom stereocenters. The molecule has 0 fully saturated rings. The van der Waals surface area contributed by atoms with Crippen molar-refractivity contribution in [3.8, 4) is 11.8 Å². The van der Waals surface area contributed by atoms with Crippen molar-refractivity contribution in [1.29, 1.82) is 5.26 Å². The van der Waals surface area contributed by atoms with Gasteiger partial charge in [0.25, 0.3) is 5.91 Å². The van der Waals surface area contributed by atoms with E-state index >= 15 is 0 Å². The normalized spacial score (nSPS) is 11.0. The molecule has 0 aliphatic carbocycles. The summed E-state index contributed by atoms with van der Waals surface area (Å²) in [6.45, 7) is 0.448. The van der Waals surface area contributed by atoms with E-state index in [2.05, 4.69) is 10.6 Å². The summed E-state index contributed by atoms with van der Waals surface area (Å²) in [4.78, 5) is 12.2. The molecule has 27 heavy (non-hydrogen) atoms. The molecule has 3 N–H and O–H groups in total. The van der Waals surface area contributed by atoms with E-state index in [-0.39, 0.29) is 11.3 Å². The number of carbonyl (C=O) groups is 1. The van der Waals surface area contributed by atoms with Gasteiger partial charge in [-0.1, -0.05) is 54.6 Å². The molecule has 5 heteroatoms. The van der Waals surface area contributed by atoms with Crippen LogP contribution < -0.4 is 10.6 Å². The number of aromatic hydroxyl groups is 1. The Morgan fingerprint density at radius 3 is 2.52 bits per heavy atom. The second-order valence-electron chi connectivity index (χ2n) is 5.98. The maximum absolute atomic E-state index is 12.2. The van der Waals surface area contributed by atoms with Gasteiger partial charge in [0.15, 0.2) is 0 Å². The lowest BCUT2D eigenvalue weighted by Crippen LogP contribution is -2.27. The van der Waals surface area contributed by atoms with Crippen molar-refractivity contribution in [2.24, 2.45) is 0 Å². The molecular weight excluding hydrogens is 338 g/mol. The lowest BCUT2D eigenvalue weighted by Gasteiger charge is -2.08.